The van der Waals surface area contributed by atoms with Crippen LogP contribution in [0.5, 0.6) is 0 Å². The molecule has 2 rings (SSSR count). The topological polar surface area (TPSA) is 32.5 Å². The van der Waals surface area contributed by atoms with Crippen LogP contribution in [-0.2, 0) is 6.54 Å². The van der Waals surface area contributed by atoms with E-state index in [4.69, 9.17) is 5.73 Å². The van der Waals surface area contributed by atoms with Gasteiger partial charge in [0.15, 0.2) is 0 Å². The lowest BCUT2D eigenvalue weighted by atomic mass is 10.1. The average molecular weight is 233 g/mol. The van der Waals surface area contributed by atoms with Crippen LogP contribution in [0.15, 0.2) is 18.2 Å². The van der Waals surface area contributed by atoms with Crippen molar-refractivity contribution < 1.29 is 0 Å². The van der Waals surface area contributed by atoms with Gasteiger partial charge in [-0.1, -0.05) is 12.1 Å². The Morgan fingerprint density at radius 3 is 2.82 bits per heavy atom. The second-order valence-corrected chi connectivity index (χ2v) is 5.06. The van der Waals surface area contributed by atoms with Gasteiger partial charge in [0.25, 0.3) is 0 Å². The fourth-order valence-electron chi connectivity index (χ4n) is 2.37. The Bertz CT molecular complexity index is 376. The first-order chi connectivity index (χ1) is 8.16. The number of benzene rings is 1. The molecule has 1 heterocycles. The minimum atomic E-state index is 0.912. The third-order valence-corrected chi connectivity index (χ3v) is 3.69. The van der Waals surface area contributed by atoms with Gasteiger partial charge in [-0.05, 0) is 50.7 Å². The molecule has 94 valence electrons. The van der Waals surface area contributed by atoms with Gasteiger partial charge in [-0.25, -0.2) is 0 Å². The molecule has 0 unspecified atom stereocenters. The van der Waals surface area contributed by atoms with E-state index in [2.05, 4.69) is 35.9 Å². The molecule has 0 amide bonds. The van der Waals surface area contributed by atoms with Gasteiger partial charge in [0.1, 0.15) is 0 Å². The maximum atomic E-state index is 5.95. The normalized spacial score (nSPS) is 19.2. The summed E-state index contributed by atoms with van der Waals surface area (Å²) in [6.07, 6.45) is 1.26. The van der Waals surface area contributed by atoms with E-state index in [9.17, 15) is 0 Å². The number of anilines is 1. The zero-order valence-corrected chi connectivity index (χ0v) is 10.9. The molecule has 1 aromatic rings. The Morgan fingerprint density at radius 2 is 2.00 bits per heavy atom. The van der Waals surface area contributed by atoms with Gasteiger partial charge in [-0.3, -0.25) is 4.90 Å². The molecular weight excluding hydrogens is 210 g/mol. The number of rotatable bonds is 2. The Hall–Kier alpha value is -1.06. The van der Waals surface area contributed by atoms with E-state index in [0.29, 0.717) is 0 Å². The van der Waals surface area contributed by atoms with Crippen LogP contribution in [0.1, 0.15) is 17.5 Å². The molecule has 3 heteroatoms. The monoisotopic (exact) mass is 233 g/mol. The maximum absolute atomic E-state index is 5.95. The lowest BCUT2D eigenvalue weighted by Crippen LogP contribution is -2.28. The van der Waals surface area contributed by atoms with Gasteiger partial charge in [0, 0.05) is 25.3 Å². The zero-order valence-electron chi connectivity index (χ0n) is 10.9. The van der Waals surface area contributed by atoms with Crippen molar-refractivity contribution in [2.24, 2.45) is 0 Å². The van der Waals surface area contributed by atoms with Gasteiger partial charge >= 0.3 is 0 Å². The molecule has 0 aromatic heterocycles. The zero-order chi connectivity index (χ0) is 12.3. The van der Waals surface area contributed by atoms with Crippen LogP contribution in [0.2, 0.25) is 0 Å². The van der Waals surface area contributed by atoms with Crippen LogP contribution in [0.25, 0.3) is 0 Å². The molecule has 0 saturated carbocycles. The minimum absolute atomic E-state index is 0.912. The molecule has 1 aliphatic heterocycles. The van der Waals surface area contributed by atoms with Gasteiger partial charge in [0.05, 0.1) is 0 Å². The number of nitrogens with two attached hydrogens (primary N) is 1. The highest BCUT2D eigenvalue weighted by atomic mass is 15.2. The predicted molar refractivity (Wildman–Crippen MR) is 73.0 cm³/mol. The quantitative estimate of drug-likeness (QED) is 0.789. The molecule has 0 atom stereocenters. The largest absolute Gasteiger partial charge is 0.399 e. The van der Waals surface area contributed by atoms with Gasteiger partial charge in [-0.15, -0.1) is 0 Å². The van der Waals surface area contributed by atoms with Crippen molar-refractivity contribution in [2.75, 3.05) is 39.0 Å². The average Bonchev–Trinajstić information content (AvgIpc) is 2.50. The number of nitrogens with zero attached hydrogens (tertiary/aromatic N) is 2. The molecular formula is C14H23N3. The van der Waals surface area contributed by atoms with Crippen LogP contribution in [0, 0.1) is 6.92 Å². The third-order valence-electron chi connectivity index (χ3n) is 3.69. The number of likely N-dealkylation sites (N-methyl/N-ethyl adjacent to an activating group) is 1. The molecule has 1 aromatic carbocycles. The Morgan fingerprint density at radius 1 is 1.18 bits per heavy atom. The first-order valence-corrected chi connectivity index (χ1v) is 6.41. The molecule has 0 spiro atoms. The molecule has 2 N–H and O–H groups in total. The summed E-state index contributed by atoms with van der Waals surface area (Å²) in [5, 5.41) is 0. The first kappa shape index (κ1) is 12.4. The second kappa shape index (κ2) is 5.52. The summed E-state index contributed by atoms with van der Waals surface area (Å²) in [6, 6.07) is 6.23. The molecule has 17 heavy (non-hydrogen) atoms. The molecule has 3 nitrogen and oxygen atoms in total. The van der Waals surface area contributed by atoms with Gasteiger partial charge < -0.3 is 10.6 Å². The summed E-state index contributed by atoms with van der Waals surface area (Å²) in [6.45, 7) is 7.89. The van der Waals surface area contributed by atoms with Crippen LogP contribution in [-0.4, -0.2) is 43.0 Å². The van der Waals surface area contributed by atoms with Crippen molar-refractivity contribution in [3.8, 4) is 0 Å². The molecule has 0 aliphatic carbocycles. The highest BCUT2D eigenvalue weighted by Crippen LogP contribution is 2.18. The van der Waals surface area contributed by atoms with Crippen LogP contribution in [0.4, 0.5) is 5.69 Å². The smallest absolute Gasteiger partial charge is 0.0346 e. The van der Waals surface area contributed by atoms with Crippen LogP contribution in [0.3, 0.4) is 0 Å². The maximum Gasteiger partial charge on any atom is 0.0346 e. The highest BCUT2D eigenvalue weighted by Gasteiger charge is 2.13. The molecule has 1 aliphatic rings. The fourth-order valence-corrected chi connectivity index (χ4v) is 2.37. The van der Waals surface area contributed by atoms with E-state index in [-0.39, 0.29) is 0 Å². The van der Waals surface area contributed by atoms with Crippen molar-refractivity contribution in [3.05, 3.63) is 29.3 Å². The van der Waals surface area contributed by atoms with E-state index < -0.39 is 0 Å². The lowest BCUT2D eigenvalue weighted by Gasteiger charge is -2.21. The Balaban J connectivity index is 2.02. The van der Waals surface area contributed by atoms with E-state index >= 15 is 0 Å². The molecule has 1 fully saturated rings. The van der Waals surface area contributed by atoms with E-state index in [1.54, 1.807) is 0 Å². The van der Waals surface area contributed by atoms with Crippen molar-refractivity contribution in [3.63, 3.8) is 0 Å². The summed E-state index contributed by atoms with van der Waals surface area (Å²) in [5.41, 5.74) is 9.47. The van der Waals surface area contributed by atoms with Crippen molar-refractivity contribution in [2.45, 2.75) is 19.9 Å². The minimum Gasteiger partial charge on any atom is -0.399 e. The fraction of sp³-hybridized carbons (Fsp3) is 0.571. The summed E-state index contributed by atoms with van der Waals surface area (Å²) in [7, 11) is 2.20. The number of nitrogen functional groups attached to an aromatic ring is 1. The molecule has 0 radical (unpaired) electrons. The van der Waals surface area contributed by atoms with Crippen molar-refractivity contribution >= 4 is 5.69 Å². The van der Waals surface area contributed by atoms with Gasteiger partial charge in [-0.2, -0.15) is 0 Å². The van der Waals surface area contributed by atoms with Crippen molar-refractivity contribution in [1.82, 2.24) is 9.80 Å². The van der Waals surface area contributed by atoms with Crippen LogP contribution >= 0.6 is 0 Å². The predicted octanol–water partition coefficient (Wildman–Crippen LogP) is 1.71. The van der Waals surface area contributed by atoms with Gasteiger partial charge in [0.2, 0.25) is 0 Å². The number of hydrogen-bond acceptors (Lipinski definition) is 3. The van der Waals surface area contributed by atoms with Crippen molar-refractivity contribution in [1.29, 1.82) is 0 Å². The van der Waals surface area contributed by atoms with Crippen LogP contribution < -0.4 is 5.73 Å². The SMILES string of the molecule is Cc1c(N)cccc1CN1CCCN(C)CC1. The van der Waals surface area contributed by atoms with E-state index in [0.717, 1.165) is 18.8 Å². The second-order valence-electron chi connectivity index (χ2n) is 5.06. The van der Waals surface area contributed by atoms with E-state index in [1.165, 1.54) is 37.2 Å². The summed E-state index contributed by atoms with van der Waals surface area (Å²) >= 11 is 0. The summed E-state index contributed by atoms with van der Waals surface area (Å²) < 4.78 is 0. The Kier molecular flexibility index (Phi) is 4.02. The third kappa shape index (κ3) is 3.20. The number of hydrogen-bond donors (Lipinski definition) is 1. The Labute approximate surface area is 104 Å². The first-order valence-electron chi connectivity index (χ1n) is 6.41. The highest BCUT2D eigenvalue weighted by molar-refractivity contribution is 5.49. The lowest BCUT2D eigenvalue weighted by molar-refractivity contribution is 0.269. The summed E-state index contributed by atoms with van der Waals surface area (Å²) in [5.74, 6) is 0. The molecule has 1 saturated heterocycles. The molecule has 0 bridgehead atoms. The van der Waals surface area contributed by atoms with E-state index in [1.807, 2.05) is 6.07 Å². The standard InChI is InChI=1S/C14H23N3/c1-12-13(5-3-6-14(12)15)11-17-8-4-7-16(2)9-10-17/h3,5-6H,4,7-11,15H2,1-2H3. The summed E-state index contributed by atoms with van der Waals surface area (Å²) in [4.78, 5) is 4.94.